The topological polar surface area (TPSA) is 215 Å². The Morgan fingerprint density at radius 2 is 1.34 bits per heavy atom. The molecule has 1 aliphatic rings. The summed E-state index contributed by atoms with van der Waals surface area (Å²) < 4.78 is 38.8. The van der Waals surface area contributed by atoms with E-state index < -0.39 is 18.0 Å². The Morgan fingerprint density at radius 3 is 2.07 bits per heavy atom. The lowest BCUT2D eigenvalue weighted by atomic mass is 10.3. The van der Waals surface area contributed by atoms with Gasteiger partial charge in [-0.25, -0.2) is 29.9 Å². The molecule has 0 saturated carbocycles. The standard InChI is InChI=1S/C27H20N8O9/c1-35(2)6-21(36)44-19-3-4-20-30-15(9-38-20)24-32-16(10-41-24)23-29-13(7-39-23)5-28-22(37)14-8-40-25(31-14)17-11-42-26(33-17)18-12-43-27(19)34-18/h3-4,7-12,19H,5-6H2,1-2H3,(H,28,37). The molecule has 7 heterocycles. The average molecular weight is 601 g/mol. The maximum atomic E-state index is 12.7. The molecule has 0 fully saturated rings. The minimum atomic E-state index is -1.06. The number of hydrogen-bond acceptors (Lipinski definition) is 16. The predicted octanol–water partition coefficient (Wildman–Crippen LogP) is 3.39. The van der Waals surface area contributed by atoms with Crippen LogP contribution in [-0.2, 0) is 16.1 Å². The Hall–Kier alpha value is -6.10. The molecule has 0 spiro atoms. The first-order chi connectivity index (χ1) is 21.4. The van der Waals surface area contributed by atoms with Gasteiger partial charge in [-0.15, -0.1) is 0 Å². The van der Waals surface area contributed by atoms with Gasteiger partial charge < -0.3 is 36.6 Å². The summed E-state index contributed by atoms with van der Waals surface area (Å²) in [6.07, 6.45) is 9.77. The number of aromatic nitrogens is 6. The normalized spacial score (nSPS) is 14.8. The largest absolute Gasteiger partial charge is 0.447 e. The van der Waals surface area contributed by atoms with E-state index in [2.05, 4.69) is 35.2 Å². The molecule has 1 N–H and O–H groups in total. The number of likely N-dealkylation sites (N-methyl/N-ethyl adjacent to an activating group) is 1. The highest BCUT2D eigenvalue weighted by Gasteiger charge is 2.24. The third-order valence-electron chi connectivity index (χ3n) is 6.01. The highest BCUT2D eigenvalue weighted by molar-refractivity contribution is 5.92. The molecule has 6 aromatic rings. The zero-order chi connectivity index (χ0) is 30.2. The fourth-order valence-corrected chi connectivity index (χ4v) is 4.00. The van der Waals surface area contributed by atoms with Gasteiger partial charge in [-0.3, -0.25) is 14.5 Å². The van der Waals surface area contributed by atoms with E-state index in [-0.39, 0.29) is 71.2 Å². The number of nitrogens with one attached hydrogen (secondary N) is 1. The van der Waals surface area contributed by atoms with Gasteiger partial charge in [0.2, 0.25) is 35.3 Å². The second-order valence-corrected chi connectivity index (χ2v) is 9.59. The van der Waals surface area contributed by atoms with Crippen LogP contribution < -0.4 is 5.32 Å². The number of carbonyl (C=O) groups excluding carboxylic acids is 2. The first-order valence-electron chi connectivity index (χ1n) is 12.9. The summed E-state index contributed by atoms with van der Waals surface area (Å²) in [6, 6.07) is 0. The van der Waals surface area contributed by atoms with E-state index >= 15 is 0 Å². The molecule has 0 aromatic carbocycles. The first-order valence-corrected chi connectivity index (χ1v) is 12.9. The average Bonchev–Trinajstić information content (AvgIpc) is 3.83. The van der Waals surface area contributed by atoms with E-state index in [9.17, 15) is 9.59 Å². The van der Waals surface area contributed by atoms with E-state index in [4.69, 9.17) is 31.2 Å². The molecule has 17 nitrogen and oxygen atoms in total. The van der Waals surface area contributed by atoms with Crippen LogP contribution in [0.2, 0.25) is 0 Å². The van der Waals surface area contributed by atoms with Crippen molar-refractivity contribution in [1.82, 2.24) is 40.1 Å². The van der Waals surface area contributed by atoms with E-state index in [0.29, 0.717) is 11.4 Å². The van der Waals surface area contributed by atoms with Crippen molar-refractivity contribution in [3.63, 3.8) is 0 Å². The predicted molar refractivity (Wildman–Crippen MR) is 143 cm³/mol. The summed E-state index contributed by atoms with van der Waals surface area (Å²) in [5, 5.41) is 2.69. The molecule has 12 bridgehead atoms. The number of carbonyl (C=O) groups is 2. The van der Waals surface area contributed by atoms with Crippen molar-refractivity contribution in [2.24, 2.45) is 0 Å². The summed E-state index contributed by atoms with van der Waals surface area (Å²) in [6.45, 7) is 0.0566. The summed E-state index contributed by atoms with van der Waals surface area (Å²) in [4.78, 5) is 52.9. The van der Waals surface area contributed by atoms with Crippen LogP contribution in [0.25, 0.3) is 52.4 Å². The molecule has 222 valence electrons. The number of rotatable bonds is 3. The van der Waals surface area contributed by atoms with Crippen molar-refractivity contribution >= 4 is 18.0 Å². The van der Waals surface area contributed by atoms with Gasteiger partial charge in [0, 0.05) is 6.08 Å². The Morgan fingerprint density at radius 1 is 0.773 bits per heavy atom. The summed E-state index contributed by atoms with van der Waals surface area (Å²) in [7, 11) is 3.46. The van der Waals surface area contributed by atoms with Gasteiger partial charge in [0.25, 0.3) is 5.91 Å². The maximum Gasteiger partial charge on any atom is 0.321 e. The van der Waals surface area contributed by atoms with Gasteiger partial charge in [0.15, 0.2) is 34.6 Å². The molecule has 1 atom stereocenters. The van der Waals surface area contributed by atoms with Gasteiger partial charge in [0.05, 0.1) is 18.8 Å². The smallest absolute Gasteiger partial charge is 0.321 e. The van der Waals surface area contributed by atoms with Crippen molar-refractivity contribution in [3.8, 4) is 46.3 Å². The highest BCUT2D eigenvalue weighted by Crippen LogP contribution is 2.28. The van der Waals surface area contributed by atoms with Crippen LogP contribution in [0.15, 0.2) is 70.2 Å². The minimum Gasteiger partial charge on any atom is -0.447 e. The summed E-state index contributed by atoms with van der Waals surface area (Å²) >= 11 is 0. The molecule has 0 radical (unpaired) electrons. The van der Waals surface area contributed by atoms with Crippen LogP contribution >= 0.6 is 0 Å². The van der Waals surface area contributed by atoms with Crippen LogP contribution in [0.1, 0.15) is 34.1 Å². The van der Waals surface area contributed by atoms with Crippen LogP contribution in [-0.4, -0.2) is 67.3 Å². The van der Waals surface area contributed by atoms with Crippen LogP contribution in [0.5, 0.6) is 0 Å². The molecule has 0 saturated heterocycles. The Labute approximate surface area is 245 Å². The molecule has 1 unspecified atom stereocenters. The second kappa shape index (κ2) is 11.0. The van der Waals surface area contributed by atoms with Gasteiger partial charge in [-0.05, 0) is 20.2 Å². The number of nitrogens with zero attached hydrogens (tertiary/aromatic N) is 7. The Bertz CT molecular complexity index is 1990. The van der Waals surface area contributed by atoms with Crippen molar-refractivity contribution < 1.29 is 40.8 Å². The molecule has 17 heteroatoms. The van der Waals surface area contributed by atoms with Crippen molar-refractivity contribution in [2.75, 3.05) is 20.6 Å². The van der Waals surface area contributed by atoms with Crippen molar-refractivity contribution in [3.05, 3.63) is 66.8 Å². The Kier molecular flexibility index (Phi) is 6.66. The molecule has 0 aliphatic carbocycles. The fourth-order valence-electron chi connectivity index (χ4n) is 4.00. The zero-order valence-corrected chi connectivity index (χ0v) is 22.9. The van der Waals surface area contributed by atoms with Gasteiger partial charge >= 0.3 is 5.97 Å². The molecular formula is C27H20N8O9. The minimum absolute atomic E-state index is 0.00809. The fraction of sp³-hybridized carbons (Fsp3) is 0.185. The first kappa shape index (κ1) is 26.8. The number of ether oxygens (including phenoxy) is 1. The third-order valence-corrected chi connectivity index (χ3v) is 6.01. The second-order valence-electron chi connectivity index (χ2n) is 9.59. The lowest BCUT2D eigenvalue weighted by Gasteiger charge is -2.13. The summed E-state index contributed by atoms with van der Waals surface area (Å²) in [5.74, 6) is -0.441. The molecule has 1 aliphatic heterocycles. The summed E-state index contributed by atoms with van der Waals surface area (Å²) in [5.41, 5.74) is 1.44. The lowest BCUT2D eigenvalue weighted by Crippen LogP contribution is -2.24. The van der Waals surface area contributed by atoms with Crippen molar-refractivity contribution in [2.45, 2.75) is 12.6 Å². The molecule has 1 amide bonds. The monoisotopic (exact) mass is 600 g/mol. The van der Waals surface area contributed by atoms with Crippen LogP contribution in [0, 0.1) is 0 Å². The van der Waals surface area contributed by atoms with E-state index in [1.54, 1.807) is 19.0 Å². The number of oxazole rings is 6. The highest BCUT2D eigenvalue weighted by atomic mass is 16.6. The maximum absolute atomic E-state index is 12.7. The van der Waals surface area contributed by atoms with Gasteiger partial charge in [0.1, 0.15) is 37.6 Å². The van der Waals surface area contributed by atoms with Crippen molar-refractivity contribution in [1.29, 1.82) is 0 Å². The molecule has 7 rings (SSSR count). The van der Waals surface area contributed by atoms with Crippen LogP contribution in [0.3, 0.4) is 0 Å². The zero-order valence-electron chi connectivity index (χ0n) is 22.9. The third kappa shape index (κ3) is 5.41. The van der Waals surface area contributed by atoms with Gasteiger partial charge in [-0.2, -0.15) is 0 Å². The van der Waals surface area contributed by atoms with Crippen LogP contribution in [0.4, 0.5) is 0 Å². The Balaban J connectivity index is 1.25. The quantitative estimate of drug-likeness (QED) is 0.288. The molecular weight excluding hydrogens is 580 g/mol. The molecule has 44 heavy (non-hydrogen) atoms. The van der Waals surface area contributed by atoms with Gasteiger partial charge in [-0.1, -0.05) is 0 Å². The van der Waals surface area contributed by atoms with E-state index in [1.165, 1.54) is 49.7 Å². The van der Waals surface area contributed by atoms with E-state index in [0.717, 1.165) is 0 Å². The number of esters is 1. The molecule has 6 aromatic heterocycles. The number of amides is 1. The number of fused-ring (bicyclic) bond motifs is 16. The lowest BCUT2D eigenvalue weighted by molar-refractivity contribution is -0.148. The SMILES string of the molecule is CN(C)CC(=O)OC1C=Cc2nc(co2)-c2nc(co2)-c2nc(co2)CNC(=O)c2coc(n2)-c2coc(n2)-c2coc1n2. The number of hydrogen-bond donors (Lipinski definition) is 1. The van der Waals surface area contributed by atoms with E-state index in [1.807, 2.05) is 0 Å².